The van der Waals surface area contributed by atoms with Crippen molar-refractivity contribution in [2.24, 2.45) is 0 Å². The lowest BCUT2D eigenvalue weighted by Gasteiger charge is -2.23. The molecule has 3 nitrogen and oxygen atoms in total. The molecule has 0 radical (unpaired) electrons. The molecule has 0 amide bonds. The number of ketones is 1. The molecule has 1 saturated carbocycles. The highest BCUT2D eigenvalue weighted by atomic mass is 16.5. The van der Waals surface area contributed by atoms with E-state index in [4.69, 9.17) is 9.47 Å². The second kappa shape index (κ2) is 9.39. The van der Waals surface area contributed by atoms with Gasteiger partial charge in [-0.05, 0) is 82.2 Å². The first-order chi connectivity index (χ1) is 11.2. The number of unbranched alkanes of at least 4 members (excludes halogenated alkanes) is 2. The third-order valence-corrected chi connectivity index (χ3v) is 4.13. The molecule has 0 atom stereocenters. The van der Waals surface area contributed by atoms with E-state index in [0.717, 1.165) is 55.8 Å². The molecular formula is C20H28O3. The van der Waals surface area contributed by atoms with Crippen molar-refractivity contribution < 1.29 is 14.3 Å². The van der Waals surface area contributed by atoms with Gasteiger partial charge in [0.2, 0.25) is 0 Å². The van der Waals surface area contributed by atoms with Gasteiger partial charge in [0.1, 0.15) is 17.3 Å². The number of hydrogen-bond donors (Lipinski definition) is 0. The smallest absolute Gasteiger partial charge is 0.129 e. The summed E-state index contributed by atoms with van der Waals surface area (Å²) < 4.78 is 11.6. The van der Waals surface area contributed by atoms with Gasteiger partial charge in [-0.25, -0.2) is 0 Å². The van der Waals surface area contributed by atoms with E-state index < -0.39 is 0 Å². The van der Waals surface area contributed by atoms with Crippen molar-refractivity contribution in [3.63, 3.8) is 0 Å². The molecule has 1 fully saturated rings. The van der Waals surface area contributed by atoms with Gasteiger partial charge in [-0.1, -0.05) is 0 Å². The van der Waals surface area contributed by atoms with E-state index in [2.05, 4.69) is 12.1 Å². The standard InChI is InChI=1S/C20H28O3/c1-3-22-19-13-11-18(12-14-19)20(17-9-7-10-17)23-15-6-4-5-8-16(2)21/h11-14H,3-10,15H2,1-2H3. The largest absolute Gasteiger partial charge is 0.494 e. The number of ether oxygens (including phenoxy) is 2. The van der Waals surface area contributed by atoms with Crippen LogP contribution in [-0.4, -0.2) is 19.0 Å². The second-order valence-electron chi connectivity index (χ2n) is 6.10. The summed E-state index contributed by atoms with van der Waals surface area (Å²) in [6.07, 6.45) is 7.25. The van der Waals surface area contributed by atoms with E-state index in [1.807, 2.05) is 19.1 Å². The molecule has 23 heavy (non-hydrogen) atoms. The van der Waals surface area contributed by atoms with Gasteiger partial charge in [0.05, 0.1) is 13.2 Å². The van der Waals surface area contributed by atoms with Gasteiger partial charge >= 0.3 is 0 Å². The van der Waals surface area contributed by atoms with Gasteiger partial charge in [0.25, 0.3) is 0 Å². The molecule has 0 spiro atoms. The first kappa shape index (κ1) is 17.6. The molecule has 0 heterocycles. The van der Waals surface area contributed by atoms with Crippen LogP contribution >= 0.6 is 0 Å². The Morgan fingerprint density at radius 1 is 1.09 bits per heavy atom. The minimum atomic E-state index is 0.276. The first-order valence-electron chi connectivity index (χ1n) is 8.78. The zero-order valence-electron chi connectivity index (χ0n) is 14.4. The molecule has 0 aliphatic heterocycles. The molecule has 0 bridgehead atoms. The first-order valence-corrected chi connectivity index (χ1v) is 8.78. The predicted molar refractivity (Wildman–Crippen MR) is 93.5 cm³/mol. The number of hydrogen-bond acceptors (Lipinski definition) is 3. The number of carbonyl (C=O) groups is 1. The summed E-state index contributed by atoms with van der Waals surface area (Å²) in [6.45, 7) is 5.06. The molecule has 1 aliphatic rings. The fourth-order valence-corrected chi connectivity index (χ4v) is 2.67. The Morgan fingerprint density at radius 3 is 2.39 bits per heavy atom. The zero-order chi connectivity index (χ0) is 16.5. The Morgan fingerprint density at radius 2 is 1.83 bits per heavy atom. The molecule has 3 heteroatoms. The molecule has 1 aliphatic carbocycles. The van der Waals surface area contributed by atoms with Crippen molar-refractivity contribution in [2.75, 3.05) is 13.2 Å². The number of rotatable bonds is 10. The van der Waals surface area contributed by atoms with E-state index in [1.54, 1.807) is 6.92 Å². The van der Waals surface area contributed by atoms with Crippen molar-refractivity contribution in [1.82, 2.24) is 0 Å². The van der Waals surface area contributed by atoms with Crippen LogP contribution in [0.1, 0.15) is 64.4 Å². The summed E-state index contributed by atoms with van der Waals surface area (Å²) in [5.41, 5.74) is 2.57. The molecule has 126 valence electrons. The topological polar surface area (TPSA) is 35.5 Å². The number of allylic oxidation sites excluding steroid dienone is 1. The lowest BCUT2D eigenvalue weighted by molar-refractivity contribution is -0.117. The van der Waals surface area contributed by atoms with E-state index in [1.165, 1.54) is 12.0 Å². The van der Waals surface area contributed by atoms with Gasteiger partial charge in [-0.15, -0.1) is 0 Å². The van der Waals surface area contributed by atoms with Gasteiger partial charge in [-0.2, -0.15) is 0 Å². The zero-order valence-corrected chi connectivity index (χ0v) is 14.4. The minimum Gasteiger partial charge on any atom is -0.494 e. The van der Waals surface area contributed by atoms with E-state index >= 15 is 0 Å². The van der Waals surface area contributed by atoms with Gasteiger partial charge in [-0.3, -0.25) is 0 Å². The maximum absolute atomic E-state index is 10.9. The van der Waals surface area contributed by atoms with E-state index in [9.17, 15) is 4.79 Å². The van der Waals surface area contributed by atoms with Crippen molar-refractivity contribution in [3.8, 4) is 5.75 Å². The SMILES string of the molecule is CCOc1ccc(C(OCCCCCC(C)=O)=C2CCC2)cc1. The molecule has 0 aromatic heterocycles. The van der Waals surface area contributed by atoms with Crippen molar-refractivity contribution in [3.05, 3.63) is 35.4 Å². The van der Waals surface area contributed by atoms with Gasteiger partial charge < -0.3 is 14.3 Å². The molecule has 2 rings (SSSR count). The maximum atomic E-state index is 10.9. The van der Waals surface area contributed by atoms with Crippen LogP contribution in [0, 0.1) is 0 Å². The number of benzene rings is 1. The Labute approximate surface area is 139 Å². The van der Waals surface area contributed by atoms with Crippen LogP contribution in [0.25, 0.3) is 5.76 Å². The number of carbonyl (C=O) groups excluding carboxylic acids is 1. The summed E-state index contributed by atoms with van der Waals surface area (Å²) in [4.78, 5) is 10.9. The average molecular weight is 316 g/mol. The highest BCUT2D eigenvalue weighted by Gasteiger charge is 2.17. The monoisotopic (exact) mass is 316 g/mol. The third kappa shape index (κ3) is 5.74. The Hall–Kier alpha value is -1.77. The second-order valence-corrected chi connectivity index (χ2v) is 6.10. The van der Waals surface area contributed by atoms with Crippen LogP contribution < -0.4 is 4.74 Å². The molecule has 0 unspecified atom stereocenters. The van der Waals surface area contributed by atoms with Crippen LogP contribution in [0.5, 0.6) is 5.75 Å². The minimum absolute atomic E-state index is 0.276. The lowest BCUT2D eigenvalue weighted by Crippen LogP contribution is -2.06. The van der Waals surface area contributed by atoms with Crippen LogP contribution in [0.2, 0.25) is 0 Å². The van der Waals surface area contributed by atoms with Crippen LogP contribution in [0.4, 0.5) is 0 Å². The lowest BCUT2D eigenvalue weighted by atomic mass is 9.89. The Balaban J connectivity index is 1.87. The van der Waals surface area contributed by atoms with Crippen LogP contribution in [0.3, 0.4) is 0 Å². The molecule has 0 saturated heterocycles. The average Bonchev–Trinajstić information content (AvgIpc) is 2.48. The van der Waals surface area contributed by atoms with Crippen LogP contribution in [0.15, 0.2) is 29.8 Å². The summed E-state index contributed by atoms with van der Waals surface area (Å²) in [6, 6.07) is 8.19. The quantitative estimate of drug-likeness (QED) is 0.442. The molecule has 0 N–H and O–H groups in total. The van der Waals surface area contributed by atoms with E-state index in [-0.39, 0.29) is 5.78 Å². The summed E-state index contributed by atoms with van der Waals surface area (Å²) >= 11 is 0. The third-order valence-electron chi connectivity index (χ3n) is 4.13. The fraction of sp³-hybridized carbons (Fsp3) is 0.550. The summed E-state index contributed by atoms with van der Waals surface area (Å²) in [5, 5.41) is 0. The highest BCUT2D eigenvalue weighted by Crippen LogP contribution is 2.34. The van der Waals surface area contributed by atoms with E-state index in [0.29, 0.717) is 13.0 Å². The Bertz CT molecular complexity index is 522. The molecule has 1 aromatic carbocycles. The van der Waals surface area contributed by atoms with Gasteiger partial charge in [0.15, 0.2) is 0 Å². The highest BCUT2D eigenvalue weighted by molar-refractivity contribution is 5.75. The van der Waals surface area contributed by atoms with Crippen molar-refractivity contribution >= 4 is 11.5 Å². The normalized spacial score (nSPS) is 13.4. The maximum Gasteiger partial charge on any atom is 0.129 e. The van der Waals surface area contributed by atoms with Crippen LogP contribution in [-0.2, 0) is 9.53 Å². The molecular weight excluding hydrogens is 288 g/mol. The Kier molecular flexibility index (Phi) is 7.18. The predicted octanol–water partition coefficient (Wildman–Crippen LogP) is 5.15. The van der Waals surface area contributed by atoms with Gasteiger partial charge in [0, 0.05) is 12.0 Å². The summed E-state index contributed by atoms with van der Waals surface area (Å²) in [5.74, 6) is 2.24. The van der Waals surface area contributed by atoms with Crippen molar-refractivity contribution in [2.45, 2.75) is 58.8 Å². The number of Topliss-reactive ketones (excluding diaryl/α,β-unsaturated/α-hetero) is 1. The fourth-order valence-electron chi connectivity index (χ4n) is 2.67. The summed E-state index contributed by atoms with van der Waals surface area (Å²) in [7, 11) is 0. The molecule has 1 aromatic rings. The van der Waals surface area contributed by atoms with Crippen molar-refractivity contribution in [1.29, 1.82) is 0 Å².